The number of benzene rings is 2. The maximum Gasteiger partial charge on any atom is 0.284 e. The molecule has 1 amide bonds. The number of carbonyl (C=O) groups is 1. The van der Waals surface area contributed by atoms with E-state index in [9.17, 15) is 23.3 Å². The van der Waals surface area contributed by atoms with Gasteiger partial charge >= 0.3 is 0 Å². The highest BCUT2D eigenvalue weighted by Gasteiger charge is 2.21. The lowest BCUT2D eigenvalue weighted by Crippen LogP contribution is -2.26. The van der Waals surface area contributed by atoms with Gasteiger partial charge in [-0.2, -0.15) is 0 Å². The van der Waals surface area contributed by atoms with Gasteiger partial charge in [-0.05, 0) is 58.9 Å². The van der Waals surface area contributed by atoms with E-state index in [2.05, 4.69) is 20.8 Å². The molecular weight excluding hydrogens is 446 g/mol. The number of carbonyl (C=O) groups excluding carboxylic acids is 1. The fourth-order valence-corrected chi connectivity index (χ4v) is 3.94. The van der Waals surface area contributed by atoms with Crippen molar-refractivity contribution in [1.29, 1.82) is 0 Å². The van der Waals surface area contributed by atoms with Crippen LogP contribution in [0.1, 0.15) is 28.9 Å². The van der Waals surface area contributed by atoms with Crippen LogP contribution in [-0.4, -0.2) is 39.5 Å². The summed E-state index contributed by atoms with van der Waals surface area (Å²) in [5.74, 6) is -0.525. The zero-order valence-corrected chi connectivity index (χ0v) is 17.9. The minimum Gasteiger partial charge on any atom is -0.346 e. The molecule has 1 heterocycles. The maximum atomic E-state index is 12.6. The van der Waals surface area contributed by atoms with Gasteiger partial charge in [0.1, 0.15) is 0 Å². The number of nitro benzene ring substituents is 1. The first-order chi connectivity index (χ1) is 14.6. The average Bonchev–Trinajstić information content (AvgIpc) is 3.12. The molecular formula is C17H17N7O5S2. The van der Waals surface area contributed by atoms with Crippen molar-refractivity contribution in [2.24, 2.45) is 12.2 Å². The first-order valence-electron chi connectivity index (χ1n) is 8.68. The summed E-state index contributed by atoms with van der Waals surface area (Å²) in [7, 11) is -2.21. The Kier molecular flexibility index (Phi) is 6.33. The minimum absolute atomic E-state index is 0.0448. The highest BCUT2D eigenvalue weighted by Crippen LogP contribution is 2.34. The predicted molar refractivity (Wildman–Crippen MR) is 110 cm³/mol. The molecule has 3 rings (SSSR count). The van der Waals surface area contributed by atoms with Crippen LogP contribution in [0, 0.1) is 10.1 Å². The second-order valence-corrected chi connectivity index (χ2v) is 9.01. The van der Waals surface area contributed by atoms with E-state index in [0.29, 0.717) is 10.7 Å². The maximum absolute atomic E-state index is 12.6. The van der Waals surface area contributed by atoms with Gasteiger partial charge in [0.2, 0.25) is 15.2 Å². The van der Waals surface area contributed by atoms with Gasteiger partial charge in [-0.3, -0.25) is 14.9 Å². The lowest BCUT2D eigenvalue weighted by atomic mass is 10.1. The largest absolute Gasteiger partial charge is 0.346 e. The summed E-state index contributed by atoms with van der Waals surface area (Å²) in [5.41, 5.74) is 0.475. The van der Waals surface area contributed by atoms with E-state index in [1.54, 1.807) is 14.0 Å². The summed E-state index contributed by atoms with van der Waals surface area (Å²) in [4.78, 5) is 23.8. The Morgan fingerprint density at radius 3 is 2.48 bits per heavy atom. The fourth-order valence-electron chi connectivity index (χ4n) is 2.60. The normalized spacial score (nSPS) is 12.4. The molecule has 31 heavy (non-hydrogen) atoms. The summed E-state index contributed by atoms with van der Waals surface area (Å²) in [6, 6.07) is 9.35. The lowest BCUT2D eigenvalue weighted by molar-refractivity contribution is -0.387. The van der Waals surface area contributed by atoms with Crippen LogP contribution >= 0.6 is 11.8 Å². The quantitative estimate of drug-likeness (QED) is 0.387. The van der Waals surface area contributed by atoms with Crippen LogP contribution in [-0.2, 0) is 17.1 Å². The van der Waals surface area contributed by atoms with Crippen molar-refractivity contribution in [2.75, 3.05) is 0 Å². The van der Waals surface area contributed by atoms with Crippen LogP contribution < -0.4 is 10.5 Å². The van der Waals surface area contributed by atoms with E-state index >= 15 is 0 Å². The van der Waals surface area contributed by atoms with E-state index in [-0.39, 0.29) is 21.0 Å². The average molecular weight is 464 g/mol. The van der Waals surface area contributed by atoms with E-state index in [1.807, 2.05) is 0 Å². The molecule has 3 aromatic rings. The summed E-state index contributed by atoms with van der Waals surface area (Å²) in [5, 5.41) is 30.6. The van der Waals surface area contributed by atoms with Crippen molar-refractivity contribution in [3.63, 3.8) is 0 Å². The summed E-state index contributed by atoms with van der Waals surface area (Å²) in [6.07, 6.45) is 0. The number of hydrogen-bond acceptors (Lipinski definition) is 9. The molecule has 0 spiro atoms. The summed E-state index contributed by atoms with van der Waals surface area (Å²) < 4.78 is 24.1. The van der Waals surface area contributed by atoms with Crippen LogP contribution in [0.4, 0.5) is 5.69 Å². The molecule has 2 aromatic carbocycles. The number of nitrogens with one attached hydrogen (secondary N) is 1. The predicted octanol–water partition coefficient (Wildman–Crippen LogP) is 1.41. The van der Waals surface area contributed by atoms with Crippen molar-refractivity contribution >= 4 is 33.4 Å². The number of rotatable bonds is 7. The third-order valence-corrected chi connectivity index (χ3v) is 6.28. The number of sulfonamides is 1. The topological polar surface area (TPSA) is 176 Å². The molecule has 1 aromatic heterocycles. The smallest absolute Gasteiger partial charge is 0.284 e. The van der Waals surface area contributed by atoms with E-state index in [0.717, 1.165) is 11.8 Å². The molecule has 0 radical (unpaired) electrons. The molecule has 12 nitrogen and oxygen atoms in total. The van der Waals surface area contributed by atoms with Gasteiger partial charge in [0.05, 0.1) is 20.8 Å². The Morgan fingerprint density at radius 1 is 1.26 bits per heavy atom. The molecule has 0 saturated heterocycles. The lowest BCUT2D eigenvalue weighted by Gasteiger charge is -2.15. The van der Waals surface area contributed by atoms with E-state index < -0.39 is 26.9 Å². The van der Waals surface area contributed by atoms with Gasteiger partial charge in [-0.25, -0.2) is 18.2 Å². The zero-order valence-electron chi connectivity index (χ0n) is 16.3. The standard InChI is InChI=1S/C17H17N7O5S2/c1-10(11-3-6-13(7-4-11)31(18,28)29)19-16(25)12-5-8-15(14(9-12)24(26)27)30-17-20-21-22-23(17)2/h3-10H,1-2H3,(H,19,25)(H2,18,28,29)/t10-/m0/s1. The van der Waals surface area contributed by atoms with Gasteiger partial charge in [-0.15, -0.1) is 5.10 Å². The molecule has 0 saturated carbocycles. The van der Waals surface area contributed by atoms with Crippen LogP contribution in [0.3, 0.4) is 0 Å². The van der Waals surface area contributed by atoms with Crippen molar-refractivity contribution in [3.8, 4) is 0 Å². The third kappa shape index (κ3) is 5.22. The summed E-state index contributed by atoms with van der Waals surface area (Å²) >= 11 is 1.00. The molecule has 0 aliphatic rings. The number of primary sulfonamides is 1. The number of nitrogens with two attached hydrogens (primary N) is 1. The van der Waals surface area contributed by atoms with E-state index in [4.69, 9.17) is 5.14 Å². The second-order valence-electron chi connectivity index (χ2n) is 6.44. The Morgan fingerprint density at radius 2 is 1.94 bits per heavy atom. The van der Waals surface area contributed by atoms with Gasteiger partial charge in [0.15, 0.2) is 0 Å². The molecule has 0 fully saturated rings. The third-order valence-electron chi connectivity index (χ3n) is 4.26. The number of nitrogens with zero attached hydrogens (tertiary/aromatic N) is 5. The van der Waals surface area contributed by atoms with Crippen LogP contribution in [0.15, 0.2) is 57.4 Å². The van der Waals surface area contributed by atoms with Crippen molar-refractivity contribution < 1.29 is 18.1 Å². The minimum atomic E-state index is -3.82. The molecule has 0 aliphatic heterocycles. The Hall–Kier alpha value is -3.36. The monoisotopic (exact) mass is 463 g/mol. The van der Waals surface area contributed by atoms with Gasteiger partial charge < -0.3 is 5.32 Å². The molecule has 0 aliphatic carbocycles. The van der Waals surface area contributed by atoms with Crippen LogP contribution in [0.2, 0.25) is 0 Å². The van der Waals surface area contributed by atoms with Crippen molar-refractivity contribution in [1.82, 2.24) is 25.5 Å². The number of amides is 1. The van der Waals surface area contributed by atoms with Gasteiger partial charge in [-0.1, -0.05) is 12.1 Å². The molecule has 3 N–H and O–H groups in total. The number of nitro groups is 1. The van der Waals surface area contributed by atoms with Crippen LogP contribution in [0.25, 0.3) is 0 Å². The SMILES string of the molecule is C[C@H](NC(=O)c1ccc(Sc2nnnn2C)c([N+](=O)[O-])c1)c1ccc(S(N)(=O)=O)cc1. The Labute approximate surface area is 181 Å². The van der Waals surface area contributed by atoms with E-state index in [1.165, 1.54) is 47.1 Å². The van der Waals surface area contributed by atoms with Gasteiger partial charge in [0.25, 0.3) is 11.6 Å². The summed E-state index contributed by atoms with van der Waals surface area (Å²) in [6.45, 7) is 1.70. The zero-order chi connectivity index (χ0) is 22.8. The fraction of sp³-hybridized carbons (Fsp3) is 0.176. The van der Waals surface area contributed by atoms with Crippen molar-refractivity contribution in [2.45, 2.75) is 27.9 Å². The molecule has 14 heteroatoms. The molecule has 1 atom stereocenters. The number of hydrogen-bond donors (Lipinski definition) is 2. The highest BCUT2D eigenvalue weighted by molar-refractivity contribution is 7.99. The Balaban J connectivity index is 1.79. The molecule has 0 unspecified atom stereocenters. The Bertz CT molecular complexity index is 1240. The van der Waals surface area contributed by atoms with Gasteiger partial charge in [0, 0.05) is 18.7 Å². The van der Waals surface area contributed by atoms with Crippen molar-refractivity contribution in [3.05, 3.63) is 63.7 Å². The number of aromatic nitrogens is 4. The van der Waals surface area contributed by atoms with Crippen LogP contribution in [0.5, 0.6) is 0 Å². The molecule has 162 valence electrons. The first kappa shape index (κ1) is 22.3. The number of tetrazole rings is 1. The second kappa shape index (κ2) is 8.79. The number of aryl methyl sites for hydroxylation is 1. The molecule has 0 bridgehead atoms. The highest BCUT2D eigenvalue weighted by atomic mass is 32.2. The first-order valence-corrected chi connectivity index (χ1v) is 11.0.